The molecule has 3 heterocycles. The van der Waals surface area contributed by atoms with Crippen LogP contribution in [0.1, 0.15) is 37.1 Å². The van der Waals surface area contributed by atoms with Crippen LogP contribution in [-0.4, -0.2) is 28.0 Å². The van der Waals surface area contributed by atoms with Crippen molar-refractivity contribution in [3.63, 3.8) is 0 Å². The minimum absolute atomic E-state index is 0.0322. The third-order valence-electron chi connectivity index (χ3n) is 3.46. The van der Waals surface area contributed by atoms with Crippen LogP contribution in [-0.2, 0) is 17.6 Å². The second-order valence-corrected chi connectivity index (χ2v) is 4.78. The van der Waals surface area contributed by atoms with Gasteiger partial charge in [0.2, 0.25) is 0 Å². The third kappa shape index (κ3) is 1.85. The highest BCUT2D eigenvalue weighted by Gasteiger charge is 2.23. The van der Waals surface area contributed by atoms with Crippen molar-refractivity contribution in [3.05, 3.63) is 11.6 Å². The molecular formula is C11H18N4O. The first-order valence-corrected chi connectivity index (χ1v) is 6.10. The van der Waals surface area contributed by atoms with Crippen molar-refractivity contribution in [1.82, 2.24) is 14.8 Å². The van der Waals surface area contributed by atoms with Gasteiger partial charge in [-0.25, -0.2) is 9.67 Å². The SMILES string of the molecule is NC1CCCc2nc(CC3CCOC3)nn21. The first-order chi connectivity index (χ1) is 7.83. The summed E-state index contributed by atoms with van der Waals surface area (Å²) in [6.07, 6.45) is 5.27. The van der Waals surface area contributed by atoms with E-state index in [4.69, 9.17) is 10.5 Å². The Kier molecular flexibility index (Phi) is 2.65. The van der Waals surface area contributed by atoms with Gasteiger partial charge >= 0.3 is 0 Å². The van der Waals surface area contributed by atoms with E-state index < -0.39 is 0 Å². The van der Waals surface area contributed by atoms with E-state index in [0.717, 1.165) is 57.0 Å². The van der Waals surface area contributed by atoms with Crippen molar-refractivity contribution in [1.29, 1.82) is 0 Å². The Labute approximate surface area is 95.0 Å². The fraction of sp³-hybridized carbons (Fsp3) is 0.818. The molecule has 0 aliphatic carbocycles. The molecule has 0 aromatic carbocycles. The summed E-state index contributed by atoms with van der Waals surface area (Å²) in [7, 11) is 0. The van der Waals surface area contributed by atoms with Gasteiger partial charge in [0.1, 0.15) is 12.0 Å². The van der Waals surface area contributed by atoms with Crippen molar-refractivity contribution in [3.8, 4) is 0 Å². The fourth-order valence-electron chi connectivity index (χ4n) is 2.52. The van der Waals surface area contributed by atoms with Gasteiger partial charge in [0, 0.05) is 26.1 Å². The minimum atomic E-state index is 0.0322. The molecule has 2 N–H and O–H groups in total. The Morgan fingerprint density at radius 2 is 2.38 bits per heavy atom. The summed E-state index contributed by atoms with van der Waals surface area (Å²) in [5, 5.41) is 4.52. The van der Waals surface area contributed by atoms with Gasteiger partial charge in [0.05, 0.1) is 0 Å². The molecule has 0 radical (unpaired) electrons. The summed E-state index contributed by atoms with van der Waals surface area (Å²) in [4.78, 5) is 4.58. The number of rotatable bonds is 2. The topological polar surface area (TPSA) is 66.0 Å². The Morgan fingerprint density at radius 3 is 3.12 bits per heavy atom. The van der Waals surface area contributed by atoms with Gasteiger partial charge in [-0.1, -0.05) is 0 Å². The van der Waals surface area contributed by atoms with Gasteiger partial charge in [-0.3, -0.25) is 0 Å². The average Bonchev–Trinajstić information content (AvgIpc) is 2.88. The zero-order valence-corrected chi connectivity index (χ0v) is 9.43. The summed E-state index contributed by atoms with van der Waals surface area (Å²) in [6.45, 7) is 1.74. The van der Waals surface area contributed by atoms with Gasteiger partial charge < -0.3 is 10.5 Å². The molecule has 88 valence electrons. The zero-order valence-electron chi connectivity index (χ0n) is 9.43. The van der Waals surface area contributed by atoms with E-state index in [0.29, 0.717) is 5.92 Å². The quantitative estimate of drug-likeness (QED) is 0.798. The molecule has 0 saturated carbocycles. The maximum atomic E-state index is 6.00. The molecule has 1 aromatic rings. The van der Waals surface area contributed by atoms with Crippen LogP contribution in [0.5, 0.6) is 0 Å². The fourth-order valence-corrected chi connectivity index (χ4v) is 2.52. The van der Waals surface area contributed by atoms with Crippen LogP contribution in [0, 0.1) is 5.92 Å². The van der Waals surface area contributed by atoms with Crippen LogP contribution in [0.15, 0.2) is 0 Å². The molecule has 2 aliphatic rings. The van der Waals surface area contributed by atoms with Gasteiger partial charge in [-0.05, 0) is 25.2 Å². The molecule has 1 fully saturated rings. The van der Waals surface area contributed by atoms with Crippen LogP contribution >= 0.6 is 0 Å². The summed E-state index contributed by atoms with van der Waals surface area (Å²) >= 11 is 0. The van der Waals surface area contributed by atoms with Crippen LogP contribution in [0.2, 0.25) is 0 Å². The van der Waals surface area contributed by atoms with Crippen LogP contribution in [0.4, 0.5) is 0 Å². The van der Waals surface area contributed by atoms with Crippen LogP contribution in [0.3, 0.4) is 0 Å². The minimum Gasteiger partial charge on any atom is -0.381 e. The lowest BCUT2D eigenvalue weighted by Gasteiger charge is -2.18. The molecule has 16 heavy (non-hydrogen) atoms. The van der Waals surface area contributed by atoms with Gasteiger partial charge in [0.15, 0.2) is 5.82 Å². The maximum Gasteiger partial charge on any atom is 0.151 e. The van der Waals surface area contributed by atoms with Crippen molar-refractivity contribution in [2.75, 3.05) is 13.2 Å². The predicted molar refractivity (Wildman–Crippen MR) is 58.8 cm³/mol. The smallest absolute Gasteiger partial charge is 0.151 e. The van der Waals surface area contributed by atoms with Crippen molar-refractivity contribution >= 4 is 0 Å². The lowest BCUT2D eigenvalue weighted by atomic mass is 10.1. The number of nitrogens with zero attached hydrogens (tertiary/aromatic N) is 3. The largest absolute Gasteiger partial charge is 0.381 e. The Hall–Kier alpha value is -0.940. The molecule has 5 nitrogen and oxygen atoms in total. The Morgan fingerprint density at radius 1 is 1.44 bits per heavy atom. The number of hydrogen-bond acceptors (Lipinski definition) is 4. The molecule has 2 atom stereocenters. The highest BCUT2D eigenvalue weighted by atomic mass is 16.5. The standard InChI is InChI=1S/C11H18N4O/c12-9-2-1-3-11-13-10(14-15(9)11)6-8-4-5-16-7-8/h8-9H,1-7,12H2. The van der Waals surface area contributed by atoms with Gasteiger partial charge in [-0.2, -0.15) is 5.10 Å². The lowest BCUT2D eigenvalue weighted by molar-refractivity contribution is 0.185. The number of aromatic nitrogens is 3. The van der Waals surface area contributed by atoms with E-state index in [1.807, 2.05) is 4.68 Å². The summed E-state index contributed by atoms with van der Waals surface area (Å²) < 4.78 is 7.28. The molecule has 0 spiro atoms. The van der Waals surface area contributed by atoms with Crippen molar-refractivity contribution in [2.24, 2.45) is 11.7 Å². The Balaban J connectivity index is 1.75. The molecule has 2 aliphatic heterocycles. The van der Waals surface area contributed by atoms with E-state index in [-0.39, 0.29) is 6.17 Å². The number of hydrogen-bond donors (Lipinski definition) is 1. The average molecular weight is 222 g/mol. The second-order valence-electron chi connectivity index (χ2n) is 4.78. The van der Waals surface area contributed by atoms with Gasteiger partial charge in [-0.15, -0.1) is 0 Å². The molecule has 1 aromatic heterocycles. The molecule has 2 unspecified atom stereocenters. The molecule has 0 bridgehead atoms. The van der Waals surface area contributed by atoms with E-state index in [2.05, 4.69) is 10.1 Å². The van der Waals surface area contributed by atoms with Crippen LogP contribution in [0.25, 0.3) is 0 Å². The van der Waals surface area contributed by atoms with E-state index in [1.165, 1.54) is 0 Å². The maximum absolute atomic E-state index is 6.00. The van der Waals surface area contributed by atoms with Crippen molar-refractivity contribution < 1.29 is 4.74 Å². The Bertz CT molecular complexity index is 370. The molecule has 1 saturated heterocycles. The lowest BCUT2D eigenvalue weighted by Crippen LogP contribution is -2.25. The predicted octanol–water partition coefficient (Wildman–Crippen LogP) is 0.651. The molecule has 5 heteroatoms. The summed E-state index contributed by atoms with van der Waals surface area (Å²) in [5.74, 6) is 2.61. The van der Waals surface area contributed by atoms with E-state index >= 15 is 0 Å². The van der Waals surface area contributed by atoms with E-state index in [9.17, 15) is 0 Å². The first-order valence-electron chi connectivity index (χ1n) is 6.10. The molecular weight excluding hydrogens is 204 g/mol. The number of fused-ring (bicyclic) bond motifs is 1. The first kappa shape index (κ1) is 10.2. The highest BCUT2D eigenvalue weighted by Crippen LogP contribution is 2.21. The van der Waals surface area contributed by atoms with E-state index in [1.54, 1.807) is 0 Å². The number of aryl methyl sites for hydroxylation is 1. The molecule has 0 amide bonds. The monoisotopic (exact) mass is 222 g/mol. The normalized spacial score (nSPS) is 29.3. The zero-order chi connectivity index (χ0) is 11.0. The molecule has 3 rings (SSSR count). The van der Waals surface area contributed by atoms with Gasteiger partial charge in [0.25, 0.3) is 0 Å². The number of ether oxygens (including phenoxy) is 1. The summed E-state index contributed by atoms with van der Waals surface area (Å²) in [6, 6.07) is 0. The summed E-state index contributed by atoms with van der Waals surface area (Å²) in [5.41, 5.74) is 6.00. The second kappa shape index (κ2) is 4.14. The highest BCUT2D eigenvalue weighted by molar-refractivity contribution is 4.99. The number of nitrogens with two attached hydrogens (primary N) is 1. The third-order valence-corrected chi connectivity index (χ3v) is 3.46. The van der Waals surface area contributed by atoms with Crippen LogP contribution < -0.4 is 5.73 Å². The van der Waals surface area contributed by atoms with Crippen molar-refractivity contribution in [2.45, 2.75) is 38.3 Å².